The van der Waals surface area contributed by atoms with Crippen molar-refractivity contribution in [3.8, 4) is 6.07 Å². The lowest BCUT2D eigenvalue weighted by Gasteiger charge is -2.19. The summed E-state index contributed by atoms with van der Waals surface area (Å²) in [5.41, 5.74) is 0.384. The third-order valence-electron chi connectivity index (χ3n) is 3.78. The summed E-state index contributed by atoms with van der Waals surface area (Å²) in [4.78, 5) is 10.8. The fraction of sp³-hybridized carbons (Fsp3) is 0.615. The second-order valence-corrected chi connectivity index (χ2v) is 5.22. The van der Waals surface area contributed by atoms with Crippen LogP contribution in [0.5, 0.6) is 0 Å². The Morgan fingerprint density at radius 1 is 1.39 bits per heavy atom. The highest BCUT2D eigenvalue weighted by atomic mass is 15.3. The number of likely N-dealkylation sites (tertiary alicyclic amines) is 1. The molecule has 1 aliphatic heterocycles. The minimum atomic E-state index is 0.379. The topological polar surface area (TPSA) is 64.8 Å². The van der Waals surface area contributed by atoms with Crippen LogP contribution in [0.3, 0.4) is 0 Å². The molecular formula is C13H17N5. The van der Waals surface area contributed by atoms with Gasteiger partial charge >= 0.3 is 0 Å². The molecule has 0 bridgehead atoms. The van der Waals surface area contributed by atoms with Crippen molar-refractivity contribution in [2.45, 2.75) is 44.3 Å². The summed E-state index contributed by atoms with van der Waals surface area (Å²) in [5.74, 6) is 0.620. The van der Waals surface area contributed by atoms with Crippen molar-refractivity contribution in [3.05, 3.63) is 18.1 Å². The zero-order valence-electron chi connectivity index (χ0n) is 10.5. The summed E-state index contributed by atoms with van der Waals surface area (Å²) in [6.45, 7) is 3.33. The predicted octanol–water partition coefficient (Wildman–Crippen LogP) is 1.39. The monoisotopic (exact) mass is 243 g/mol. The first-order valence-electron chi connectivity index (χ1n) is 6.51. The maximum atomic E-state index is 8.99. The van der Waals surface area contributed by atoms with Crippen LogP contribution in [-0.4, -0.2) is 39.5 Å². The average molecular weight is 243 g/mol. The van der Waals surface area contributed by atoms with Gasteiger partial charge < -0.3 is 5.32 Å². The molecular weight excluding hydrogens is 226 g/mol. The fourth-order valence-corrected chi connectivity index (χ4v) is 2.79. The number of anilines is 1. The molecule has 1 aliphatic carbocycles. The first kappa shape index (κ1) is 11.4. The summed E-state index contributed by atoms with van der Waals surface area (Å²) in [7, 11) is 0. The first-order valence-corrected chi connectivity index (χ1v) is 6.51. The van der Waals surface area contributed by atoms with Crippen LogP contribution in [0.1, 0.15) is 31.9 Å². The number of nitriles is 1. The molecule has 5 nitrogen and oxygen atoms in total. The van der Waals surface area contributed by atoms with E-state index in [2.05, 4.69) is 33.2 Å². The number of nitrogens with one attached hydrogen (secondary N) is 1. The highest BCUT2D eigenvalue weighted by Gasteiger charge is 2.38. The molecule has 2 atom stereocenters. The van der Waals surface area contributed by atoms with E-state index in [0.717, 1.165) is 19.0 Å². The molecule has 0 aromatic carbocycles. The lowest BCUT2D eigenvalue weighted by atomic mass is 10.2. The SMILES string of the molecule is CC1CC(Nc2nccnc2C#N)CN1C1CC1. The Hall–Kier alpha value is -1.67. The lowest BCUT2D eigenvalue weighted by Crippen LogP contribution is -2.31. The molecule has 2 fully saturated rings. The van der Waals surface area contributed by atoms with Crippen LogP contribution in [0.25, 0.3) is 0 Å². The largest absolute Gasteiger partial charge is 0.364 e. The van der Waals surface area contributed by atoms with Gasteiger partial charge in [0.2, 0.25) is 0 Å². The summed E-state index contributed by atoms with van der Waals surface area (Å²) >= 11 is 0. The number of rotatable bonds is 3. The molecule has 2 unspecified atom stereocenters. The quantitative estimate of drug-likeness (QED) is 0.869. The van der Waals surface area contributed by atoms with Crippen LogP contribution >= 0.6 is 0 Å². The van der Waals surface area contributed by atoms with Crippen LogP contribution in [0.15, 0.2) is 12.4 Å². The molecule has 2 aliphatic rings. The molecule has 18 heavy (non-hydrogen) atoms. The Kier molecular flexibility index (Phi) is 2.88. The van der Waals surface area contributed by atoms with Gasteiger partial charge in [0.05, 0.1) is 0 Å². The van der Waals surface area contributed by atoms with Crippen LogP contribution in [0.2, 0.25) is 0 Å². The molecule has 0 radical (unpaired) electrons. The third-order valence-corrected chi connectivity index (χ3v) is 3.78. The maximum Gasteiger partial charge on any atom is 0.182 e. The van der Waals surface area contributed by atoms with Crippen molar-refractivity contribution in [1.29, 1.82) is 5.26 Å². The third kappa shape index (κ3) is 2.16. The Labute approximate surface area is 107 Å². The summed E-state index contributed by atoms with van der Waals surface area (Å²) in [6.07, 6.45) is 6.97. The van der Waals surface area contributed by atoms with Crippen LogP contribution < -0.4 is 5.32 Å². The second kappa shape index (κ2) is 4.54. The number of aromatic nitrogens is 2. The summed E-state index contributed by atoms with van der Waals surface area (Å²) in [6, 6.07) is 3.87. The standard InChI is InChI=1S/C13H17N5/c1-9-6-10(8-18(9)11-2-3-11)17-13-12(7-14)15-4-5-16-13/h4-5,9-11H,2-3,6,8H2,1H3,(H,16,17). The number of hydrogen-bond acceptors (Lipinski definition) is 5. The van der Waals surface area contributed by atoms with E-state index < -0.39 is 0 Å². The zero-order chi connectivity index (χ0) is 12.5. The first-order chi connectivity index (χ1) is 8.78. The van der Waals surface area contributed by atoms with Gasteiger partial charge in [-0.2, -0.15) is 5.26 Å². The molecule has 94 valence electrons. The fourth-order valence-electron chi connectivity index (χ4n) is 2.79. The molecule has 1 N–H and O–H groups in total. The second-order valence-electron chi connectivity index (χ2n) is 5.22. The van der Waals surface area contributed by atoms with Gasteiger partial charge in [-0.15, -0.1) is 0 Å². The molecule has 3 rings (SSSR count). The lowest BCUT2D eigenvalue weighted by molar-refractivity contribution is 0.257. The molecule has 1 saturated heterocycles. The normalized spacial score (nSPS) is 28.0. The molecule has 0 spiro atoms. The van der Waals surface area contributed by atoms with Gasteiger partial charge in [-0.25, -0.2) is 9.97 Å². The van der Waals surface area contributed by atoms with E-state index in [4.69, 9.17) is 5.26 Å². The van der Waals surface area contributed by atoms with Crippen molar-refractivity contribution < 1.29 is 0 Å². The Morgan fingerprint density at radius 2 is 2.17 bits per heavy atom. The molecule has 1 saturated carbocycles. The zero-order valence-corrected chi connectivity index (χ0v) is 10.5. The van der Waals surface area contributed by atoms with E-state index in [0.29, 0.717) is 23.6 Å². The molecule has 0 amide bonds. The molecule has 1 aromatic rings. The van der Waals surface area contributed by atoms with E-state index in [-0.39, 0.29) is 0 Å². The van der Waals surface area contributed by atoms with Gasteiger partial charge in [0.15, 0.2) is 11.5 Å². The smallest absolute Gasteiger partial charge is 0.182 e. The minimum absolute atomic E-state index is 0.379. The Bertz CT molecular complexity index is 477. The van der Waals surface area contributed by atoms with Crippen LogP contribution in [0.4, 0.5) is 5.82 Å². The van der Waals surface area contributed by atoms with Crippen molar-refractivity contribution >= 4 is 5.82 Å². The average Bonchev–Trinajstić information content (AvgIpc) is 3.15. The summed E-state index contributed by atoms with van der Waals surface area (Å²) in [5, 5.41) is 12.4. The van der Waals surface area contributed by atoms with Gasteiger partial charge in [0.25, 0.3) is 0 Å². The minimum Gasteiger partial charge on any atom is -0.364 e. The number of hydrogen-bond donors (Lipinski definition) is 1. The van der Waals surface area contributed by atoms with Crippen LogP contribution in [-0.2, 0) is 0 Å². The predicted molar refractivity (Wildman–Crippen MR) is 68.0 cm³/mol. The molecule has 5 heteroatoms. The van der Waals surface area contributed by atoms with Gasteiger partial charge in [-0.3, -0.25) is 4.90 Å². The van der Waals surface area contributed by atoms with Gasteiger partial charge in [0.1, 0.15) is 6.07 Å². The van der Waals surface area contributed by atoms with Gasteiger partial charge in [-0.1, -0.05) is 0 Å². The van der Waals surface area contributed by atoms with Crippen molar-refractivity contribution in [1.82, 2.24) is 14.9 Å². The van der Waals surface area contributed by atoms with E-state index in [1.54, 1.807) is 12.4 Å². The van der Waals surface area contributed by atoms with E-state index in [1.165, 1.54) is 12.8 Å². The van der Waals surface area contributed by atoms with Crippen molar-refractivity contribution in [3.63, 3.8) is 0 Å². The van der Waals surface area contributed by atoms with Gasteiger partial charge in [-0.05, 0) is 26.2 Å². The van der Waals surface area contributed by atoms with Gasteiger partial charge in [0, 0.05) is 37.1 Å². The maximum absolute atomic E-state index is 8.99. The van der Waals surface area contributed by atoms with E-state index in [9.17, 15) is 0 Å². The number of nitrogens with zero attached hydrogens (tertiary/aromatic N) is 4. The van der Waals surface area contributed by atoms with Crippen LogP contribution in [0, 0.1) is 11.3 Å². The Morgan fingerprint density at radius 3 is 2.89 bits per heavy atom. The molecule has 1 aromatic heterocycles. The summed E-state index contributed by atoms with van der Waals surface area (Å²) < 4.78 is 0. The highest BCUT2D eigenvalue weighted by Crippen LogP contribution is 2.34. The molecule has 2 heterocycles. The van der Waals surface area contributed by atoms with E-state index in [1.807, 2.05) is 0 Å². The van der Waals surface area contributed by atoms with Crippen molar-refractivity contribution in [2.24, 2.45) is 0 Å². The van der Waals surface area contributed by atoms with Crippen molar-refractivity contribution in [2.75, 3.05) is 11.9 Å². The highest BCUT2D eigenvalue weighted by molar-refractivity contribution is 5.47. The Balaban J connectivity index is 1.68. The van der Waals surface area contributed by atoms with E-state index >= 15 is 0 Å².